The molecule has 0 atom stereocenters. The normalized spacial score (nSPS) is 11.1. The predicted octanol–water partition coefficient (Wildman–Crippen LogP) is -0.418. The number of carbonyl (C=O) groups is 1. The fourth-order valence-electron chi connectivity index (χ4n) is 2.47. The molecule has 0 fully saturated rings. The van der Waals surface area contributed by atoms with Crippen molar-refractivity contribution >= 4 is 16.9 Å². The van der Waals surface area contributed by atoms with E-state index in [-0.39, 0.29) is 18.0 Å². The largest absolute Gasteiger partial charge is 0.382 e. The third-order valence-corrected chi connectivity index (χ3v) is 3.67. The van der Waals surface area contributed by atoms with Gasteiger partial charge >= 0.3 is 5.69 Å². The quantitative estimate of drug-likeness (QED) is 0.702. The Bertz CT molecular complexity index is 815. The molecule has 0 saturated carbocycles. The average molecular weight is 322 g/mol. The standard InChI is InChI=1S/C15H22N4O4/c1-4-23-9-5-7-16-12(20)10-19-8-6-11-13(19)17(2)15(22)18(3)14(11)21/h6,8H,4-5,7,9-10H2,1-3H3,(H,16,20). The van der Waals surface area contributed by atoms with E-state index < -0.39 is 5.69 Å². The summed E-state index contributed by atoms with van der Waals surface area (Å²) in [6.45, 7) is 3.77. The second-order valence-corrected chi connectivity index (χ2v) is 5.29. The smallest absolute Gasteiger partial charge is 0.332 e. The number of amides is 1. The van der Waals surface area contributed by atoms with Gasteiger partial charge < -0.3 is 14.6 Å². The molecule has 0 aromatic carbocycles. The van der Waals surface area contributed by atoms with Crippen LogP contribution in [0.2, 0.25) is 0 Å². The van der Waals surface area contributed by atoms with Crippen LogP contribution in [0.3, 0.4) is 0 Å². The Labute approximate surface area is 133 Å². The molecule has 8 heteroatoms. The maximum Gasteiger partial charge on any atom is 0.332 e. The molecule has 2 heterocycles. The second-order valence-electron chi connectivity index (χ2n) is 5.29. The van der Waals surface area contributed by atoms with Gasteiger partial charge in [0.2, 0.25) is 5.91 Å². The van der Waals surface area contributed by atoms with E-state index in [0.717, 1.165) is 11.0 Å². The molecule has 1 N–H and O–H groups in total. The number of hydrogen-bond acceptors (Lipinski definition) is 4. The Hall–Kier alpha value is -2.35. The minimum absolute atomic E-state index is 0.0541. The molecule has 0 saturated heterocycles. The van der Waals surface area contributed by atoms with E-state index in [2.05, 4.69) is 5.32 Å². The Balaban J connectivity index is 2.14. The summed E-state index contributed by atoms with van der Waals surface area (Å²) in [6, 6.07) is 1.62. The van der Waals surface area contributed by atoms with Crippen molar-refractivity contribution < 1.29 is 9.53 Å². The van der Waals surface area contributed by atoms with Crippen molar-refractivity contribution in [1.29, 1.82) is 0 Å². The van der Waals surface area contributed by atoms with Crippen molar-refractivity contribution in [3.63, 3.8) is 0 Å². The van der Waals surface area contributed by atoms with Crippen LogP contribution in [0.5, 0.6) is 0 Å². The first-order valence-electron chi connectivity index (χ1n) is 7.56. The first-order valence-corrected chi connectivity index (χ1v) is 7.56. The summed E-state index contributed by atoms with van der Waals surface area (Å²) in [4.78, 5) is 36.1. The molecule has 0 spiro atoms. The third kappa shape index (κ3) is 3.53. The Morgan fingerprint density at radius 2 is 2.00 bits per heavy atom. The minimum Gasteiger partial charge on any atom is -0.382 e. The van der Waals surface area contributed by atoms with Gasteiger partial charge in [0.25, 0.3) is 5.56 Å². The lowest BCUT2D eigenvalue weighted by Crippen LogP contribution is -2.37. The van der Waals surface area contributed by atoms with Gasteiger partial charge in [-0.25, -0.2) is 4.79 Å². The summed E-state index contributed by atoms with van der Waals surface area (Å²) in [5.41, 5.74) is -0.332. The molecule has 0 unspecified atom stereocenters. The first-order chi connectivity index (χ1) is 11.0. The van der Waals surface area contributed by atoms with Gasteiger partial charge in [-0.15, -0.1) is 0 Å². The van der Waals surface area contributed by atoms with Gasteiger partial charge in [-0.2, -0.15) is 0 Å². The molecular weight excluding hydrogens is 300 g/mol. The number of aromatic nitrogens is 3. The highest BCUT2D eigenvalue weighted by atomic mass is 16.5. The summed E-state index contributed by atoms with van der Waals surface area (Å²) in [5.74, 6) is -0.174. The van der Waals surface area contributed by atoms with Gasteiger partial charge in [0.15, 0.2) is 0 Å². The zero-order valence-electron chi connectivity index (χ0n) is 13.7. The fraction of sp³-hybridized carbons (Fsp3) is 0.533. The molecule has 0 aliphatic rings. The molecular formula is C15H22N4O4. The lowest BCUT2D eigenvalue weighted by atomic mass is 10.4. The zero-order valence-corrected chi connectivity index (χ0v) is 13.7. The minimum atomic E-state index is -0.417. The summed E-state index contributed by atoms with van der Waals surface area (Å²) >= 11 is 0. The lowest BCUT2D eigenvalue weighted by molar-refractivity contribution is -0.121. The molecule has 2 aromatic rings. The van der Waals surface area contributed by atoms with Gasteiger partial charge in [0.1, 0.15) is 12.2 Å². The maximum absolute atomic E-state index is 12.1. The van der Waals surface area contributed by atoms with E-state index in [4.69, 9.17) is 4.74 Å². The van der Waals surface area contributed by atoms with Crippen LogP contribution in [0.1, 0.15) is 13.3 Å². The van der Waals surface area contributed by atoms with Crippen LogP contribution >= 0.6 is 0 Å². The van der Waals surface area contributed by atoms with E-state index in [0.29, 0.717) is 30.8 Å². The molecule has 2 aromatic heterocycles. The Kier molecular flexibility index (Phi) is 5.38. The van der Waals surface area contributed by atoms with Crippen LogP contribution in [0.4, 0.5) is 0 Å². The van der Waals surface area contributed by atoms with E-state index in [9.17, 15) is 14.4 Å². The summed E-state index contributed by atoms with van der Waals surface area (Å²) < 4.78 is 9.24. The van der Waals surface area contributed by atoms with E-state index in [1.165, 1.54) is 11.6 Å². The van der Waals surface area contributed by atoms with Crippen LogP contribution < -0.4 is 16.6 Å². The first kappa shape index (κ1) is 17.0. The highest BCUT2D eigenvalue weighted by molar-refractivity contribution is 5.80. The Morgan fingerprint density at radius 1 is 1.26 bits per heavy atom. The average Bonchev–Trinajstić information content (AvgIpc) is 2.94. The van der Waals surface area contributed by atoms with Gasteiger partial charge in [-0.05, 0) is 19.4 Å². The SMILES string of the molecule is CCOCCCNC(=O)Cn1ccc2c(=O)n(C)c(=O)n(C)c21. The second kappa shape index (κ2) is 7.28. The van der Waals surface area contributed by atoms with Crippen molar-refractivity contribution in [2.24, 2.45) is 14.1 Å². The van der Waals surface area contributed by atoms with E-state index in [1.54, 1.807) is 23.9 Å². The molecule has 0 aliphatic carbocycles. The van der Waals surface area contributed by atoms with Crippen molar-refractivity contribution in [1.82, 2.24) is 19.0 Å². The molecule has 1 amide bonds. The van der Waals surface area contributed by atoms with Crippen molar-refractivity contribution in [2.75, 3.05) is 19.8 Å². The summed E-state index contributed by atoms with van der Waals surface area (Å²) in [6.07, 6.45) is 2.39. The molecule has 2 rings (SSSR count). The number of aryl methyl sites for hydroxylation is 1. The molecule has 0 aliphatic heterocycles. The van der Waals surface area contributed by atoms with Gasteiger partial charge in [-0.1, -0.05) is 0 Å². The molecule has 126 valence electrons. The van der Waals surface area contributed by atoms with Crippen molar-refractivity contribution in [3.8, 4) is 0 Å². The monoisotopic (exact) mass is 322 g/mol. The fourth-order valence-corrected chi connectivity index (χ4v) is 2.47. The van der Waals surface area contributed by atoms with Gasteiger partial charge in [-0.3, -0.25) is 18.7 Å². The number of rotatable bonds is 7. The molecule has 0 bridgehead atoms. The highest BCUT2D eigenvalue weighted by Crippen LogP contribution is 2.09. The van der Waals surface area contributed by atoms with Crippen LogP contribution in [0.15, 0.2) is 21.9 Å². The van der Waals surface area contributed by atoms with Gasteiger partial charge in [0, 0.05) is 40.1 Å². The number of nitrogens with zero attached hydrogens (tertiary/aromatic N) is 3. The molecule has 23 heavy (non-hydrogen) atoms. The van der Waals surface area contributed by atoms with E-state index >= 15 is 0 Å². The summed E-state index contributed by atoms with van der Waals surface area (Å²) in [7, 11) is 3.02. The van der Waals surface area contributed by atoms with Crippen LogP contribution in [-0.2, 0) is 30.2 Å². The predicted molar refractivity (Wildman–Crippen MR) is 86.5 cm³/mol. The van der Waals surface area contributed by atoms with Crippen LogP contribution in [0, 0.1) is 0 Å². The van der Waals surface area contributed by atoms with E-state index in [1.807, 2.05) is 6.92 Å². The molecule has 0 radical (unpaired) electrons. The van der Waals surface area contributed by atoms with Gasteiger partial charge in [0.05, 0.1) is 5.39 Å². The lowest BCUT2D eigenvalue weighted by Gasteiger charge is -2.10. The van der Waals surface area contributed by atoms with Crippen molar-refractivity contribution in [2.45, 2.75) is 19.9 Å². The van der Waals surface area contributed by atoms with Crippen LogP contribution in [-0.4, -0.2) is 39.4 Å². The highest BCUT2D eigenvalue weighted by Gasteiger charge is 2.14. The summed E-state index contributed by atoms with van der Waals surface area (Å²) in [5, 5.41) is 3.21. The zero-order chi connectivity index (χ0) is 17.0. The van der Waals surface area contributed by atoms with Crippen molar-refractivity contribution in [3.05, 3.63) is 33.1 Å². The number of ether oxygens (including phenoxy) is 1. The number of carbonyl (C=O) groups excluding carboxylic acids is 1. The number of fused-ring (bicyclic) bond motifs is 1. The number of nitrogens with one attached hydrogen (secondary N) is 1. The molecule has 8 nitrogen and oxygen atoms in total. The third-order valence-electron chi connectivity index (χ3n) is 3.67. The Morgan fingerprint density at radius 3 is 2.70 bits per heavy atom. The number of hydrogen-bond donors (Lipinski definition) is 1. The topological polar surface area (TPSA) is 87.3 Å². The van der Waals surface area contributed by atoms with Crippen LogP contribution in [0.25, 0.3) is 11.0 Å². The maximum atomic E-state index is 12.1.